The summed E-state index contributed by atoms with van der Waals surface area (Å²) in [5.74, 6) is -0.681. The molecule has 1 rings (SSSR count). The van der Waals surface area contributed by atoms with Crippen molar-refractivity contribution in [2.24, 2.45) is 5.92 Å². The highest BCUT2D eigenvalue weighted by Crippen LogP contribution is 2.27. The third kappa shape index (κ3) is 4.72. The highest BCUT2D eigenvalue weighted by Gasteiger charge is 2.35. The van der Waals surface area contributed by atoms with Gasteiger partial charge < -0.3 is 14.8 Å². The summed E-state index contributed by atoms with van der Waals surface area (Å²) in [7, 11) is 0. The Morgan fingerprint density at radius 1 is 1.33 bits per heavy atom. The maximum Gasteiger partial charge on any atom is 0.407 e. The van der Waals surface area contributed by atoms with Crippen molar-refractivity contribution >= 4 is 23.7 Å². The molecular formula is C12H20ClNO4. The van der Waals surface area contributed by atoms with E-state index in [0.29, 0.717) is 6.42 Å². The fourth-order valence-electron chi connectivity index (χ4n) is 2.03. The number of esters is 1. The van der Waals surface area contributed by atoms with E-state index in [-0.39, 0.29) is 24.0 Å². The minimum absolute atomic E-state index is 0.158. The second kappa shape index (κ2) is 6.27. The van der Waals surface area contributed by atoms with Crippen LogP contribution in [-0.4, -0.2) is 29.8 Å². The summed E-state index contributed by atoms with van der Waals surface area (Å²) in [4.78, 5) is 23.3. The van der Waals surface area contributed by atoms with E-state index >= 15 is 0 Å². The zero-order valence-electron chi connectivity index (χ0n) is 11.0. The minimum atomic E-state index is -0.547. The molecule has 1 fully saturated rings. The monoisotopic (exact) mass is 277 g/mol. The van der Waals surface area contributed by atoms with E-state index in [1.165, 1.54) is 0 Å². The van der Waals surface area contributed by atoms with Crippen LogP contribution in [0.25, 0.3) is 0 Å². The van der Waals surface area contributed by atoms with Gasteiger partial charge in [0, 0.05) is 6.04 Å². The molecule has 104 valence electrons. The van der Waals surface area contributed by atoms with Gasteiger partial charge in [-0.2, -0.15) is 0 Å². The van der Waals surface area contributed by atoms with Crippen LogP contribution in [0, 0.1) is 5.92 Å². The first-order valence-corrected chi connectivity index (χ1v) is 6.59. The molecule has 0 aromatic heterocycles. The zero-order valence-corrected chi connectivity index (χ0v) is 11.8. The smallest absolute Gasteiger partial charge is 0.407 e. The second-order valence-electron chi connectivity index (χ2n) is 5.36. The summed E-state index contributed by atoms with van der Waals surface area (Å²) in [5, 5.41) is 2.72. The lowest BCUT2D eigenvalue weighted by Gasteiger charge is -2.23. The predicted molar refractivity (Wildman–Crippen MR) is 67.3 cm³/mol. The lowest BCUT2D eigenvalue weighted by molar-refractivity contribution is -0.146. The van der Waals surface area contributed by atoms with Gasteiger partial charge in [0.2, 0.25) is 0 Å². The fraction of sp³-hybridized carbons (Fsp3) is 0.833. The number of nitrogens with one attached hydrogen (secondary N) is 1. The molecule has 1 saturated carbocycles. The normalized spacial score (nSPS) is 23.6. The largest absolute Gasteiger partial charge is 0.449 e. The van der Waals surface area contributed by atoms with Crippen molar-refractivity contribution in [3.05, 3.63) is 0 Å². The average molecular weight is 278 g/mol. The molecule has 0 bridgehead atoms. The number of alkyl halides is 1. The molecule has 0 saturated heterocycles. The van der Waals surface area contributed by atoms with Crippen LogP contribution in [0.3, 0.4) is 0 Å². The molecule has 1 N–H and O–H groups in total. The van der Waals surface area contributed by atoms with Gasteiger partial charge in [-0.1, -0.05) is 18.0 Å². The Morgan fingerprint density at radius 2 is 2.00 bits per heavy atom. The molecule has 6 heteroatoms. The molecule has 18 heavy (non-hydrogen) atoms. The van der Waals surface area contributed by atoms with Gasteiger partial charge in [-0.15, -0.1) is 0 Å². The Kier molecular flexibility index (Phi) is 5.26. The fourth-order valence-corrected chi connectivity index (χ4v) is 2.14. The number of alkyl carbamates (subject to hydrolysis) is 1. The Balaban J connectivity index is 2.50. The van der Waals surface area contributed by atoms with Gasteiger partial charge in [-0.05, 0) is 33.6 Å². The number of ether oxygens (including phenoxy) is 2. The van der Waals surface area contributed by atoms with Gasteiger partial charge >= 0.3 is 12.1 Å². The summed E-state index contributed by atoms with van der Waals surface area (Å²) in [6.45, 7) is 5.38. The molecular weight excluding hydrogens is 258 g/mol. The van der Waals surface area contributed by atoms with Gasteiger partial charge in [-0.25, -0.2) is 4.79 Å². The Hall–Kier alpha value is -0.970. The van der Waals surface area contributed by atoms with E-state index in [1.54, 1.807) is 20.8 Å². The molecule has 0 radical (unpaired) electrons. The minimum Gasteiger partial charge on any atom is -0.449 e. The third-order valence-corrected chi connectivity index (χ3v) is 2.83. The van der Waals surface area contributed by atoms with Crippen molar-refractivity contribution < 1.29 is 19.1 Å². The highest BCUT2D eigenvalue weighted by molar-refractivity contribution is 6.17. The van der Waals surface area contributed by atoms with Gasteiger partial charge in [0.1, 0.15) is 5.60 Å². The molecule has 0 aromatic rings. The van der Waals surface area contributed by atoms with Gasteiger partial charge in [0.05, 0.1) is 5.92 Å². The first kappa shape index (κ1) is 15.1. The van der Waals surface area contributed by atoms with Crippen molar-refractivity contribution in [2.75, 3.05) is 6.07 Å². The van der Waals surface area contributed by atoms with Crippen LogP contribution < -0.4 is 5.32 Å². The quantitative estimate of drug-likeness (QED) is 0.636. The summed E-state index contributed by atoms with van der Waals surface area (Å²) in [5.41, 5.74) is -0.547. The third-order valence-electron chi connectivity index (χ3n) is 2.72. The second-order valence-corrected chi connectivity index (χ2v) is 5.58. The Bertz CT molecular complexity index is 314. The van der Waals surface area contributed by atoms with E-state index in [1.807, 2.05) is 0 Å². The highest BCUT2D eigenvalue weighted by atomic mass is 35.5. The lowest BCUT2D eigenvalue weighted by Crippen LogP contribution is -2.43. The number of carbonyl (C=O) groups excluding carboxylic acids is 2. The van der Waals surface area contributed by atoms with Crippen LogP contribution in [0.5, 0.6) is 0 Å². The standard InChI is InChI=1S/C12H20ClNO4/c1-12(2,3)18-11(16)14-9-6-4-5-8(9)10(15)17-7-13/h8-9H,4-7H2,1-3H3,(H,14,16). The summed E-state index contributed by atoms with van der Waals surface area (Å²) in [6.07, 6.45) is 1.83. The number of carbonyl (C=O) groups is 2. The number of amides is 1. The van der Waals surface area contributed by atoms with Crippen LogP contribution in [0.15, 0.2) is 0 Å². The SMILES string of the molecule is CC(C)(C)OC(=O)NC1CCCC1C(=O)OCCl. The van der Waals surface area contributed by atoms with Crippen molar-refractivity contribution in [3.63, 3.8) is 0 Å². The van der Waals surface area contributed by atoms with Crippen LogP contribution >= 0.6 is 11.6 Å². The molecule has 0 spiro atoms. The number of hydrogen-bond acceptors (Lipinski definition) is 4. The van der Waals surface area contributed by atoms with Crippen molar-refractivity contribution in [1.82, 2.24) is 5.32 Å². The summed E-state index contributed by atoms with van der Waals surface area (Å²) in [6, 6.07) is -0.385. The molecule has 5 nitrogen and oxygen atoms in total. The first-order valence-electron chi connectivity index (χ1n) is 6.05. The van der Waals surface area contributed by atoms with Crippen LogP contribution in [0.4, 0.5) is 4.79 Å². The van der Waals surface area contributed by atoms with E-state index in [9.17, 15) is 9.59 Å². The van der Waals surface area contributed by atoms with E-state index in [4.69, 9.17) is 21.1 Å². The molecule has 0 heterocycles. The van der Waals surface area contributed by atoms with E-state index < -0.39 is 11.7 Å². The van der Waals surface area contributed by atoms with Crippen LogP contribution in [0.1, 0.15) is 40.0 Å². The van der Waals surface area contributed by atoms with E-state index in [2.05, 4.69) is 5.32 Å². The topological polar surface area (TPSA) is 64.6 Å². The van der Waals surface area contributed by atoms with Crippen LogP contribution in [0.2, 0.25) is 0 Å². The van der Waals surface area contributed by atoms with Crippen molar-refractivity contribution in [2.45, 2.75) is 51.7 Å². The molecule has 0 aliphatic heterocycles. The Morgan fingerprint density at radius 3 is 2.56 bits per heavy atom. The van der Waals surface area contributed by atoms with Gasteiger partial charge in [0.25, 0.3) is 0 Å². The van der Waals surface area contributed by atoms with Crippen molar-refractivity contribution in [3.8, 4) is 0 Å². The molecule has 1 aliphatic carbocycles. The summed E-state index contributed by atoms with van der Waals surface area (Å²) < 4.78 is 9.93. The first-order chi connectivity index (χ1) is 8.33. The van der Waals surface area contributed by atoms with Gasteiger partial charge in [0.15, 0.2) is 6.07 Å². The number of rotatable bonds is 3. The zero-order chi connectivity index (χ0) is 13.8. The Labute approximate surface area is 112 Å². The molecule has 1 aliphatic rings. The molecule has 1 amide bonds. The lowest BCUT2D eigenvalue weighted by atomic mass is 10.0. The van der Waals surface area contributed by atoms with Crippen LogP contribution in [-0.2, 0) is 14.3 Å². The average Bonchev–Trinajstić information content (AvgIpc) is 2.62. The molecule has 2 atom stereocenters. The van der Waals surface area contributed by atoms with Crippen molar-refractivity contribution in [1.29, 1.82) is 0 Å². The number of halogens is 1. The predicted octanol–water partition coefficient (Wildman–Crippen LogP) is 2.42. The maximum atomic E-state index is 11.6. The molecule has 2 unspecified atom stereocenters. The number of hydrogen-bond donors (Lipinski definition) is 1. The maximum absolute atomic E-state index is 11.6. The summed E-state index contributed by atoms with van der Waals surface area (Å²) >= 11 is 5.36. The molecule has 0 aromatic carbocycles. The van der Waals surface area contributed by atoms with Gasteiger partial charge in [-0.3, -0.25) is 4.79 Å². The van der Waals surface area contributed by atoms with E-state index in [0.717, 1.165) is 12.8 Å².